The molecule has 0 unspecified atom stereocenters. The van der Waals surface area contributed by atoms with Crippen molar-refractivity contribution in [2.45, 2.75) is 29.9 Å². The molecule has 1 aliphatic carbocycles. The highest BCUT2D eigenvalue weighted by atomic mass is 32.2. The lowest BCUT2D eigenvalue weighted by atomic mass is 10.0. The van der Waals surface area contributed by atoms with Crippen LogP contribution in [0, 0.1) is 30.6 Å². The molecule has 0 heterocycles. The van der Waals surface area contributed by atoms with Crippen molar-refractivity contribution in [3.63, 3.8) is 0 Å². The van der Waals surface area contributed by atoms with Gasteiger partial charge in [0, 0.05) is 5.92 Å². The third-order valence-electron chi connectivity index (χ3n) is 4.85. The van der Waals surface area contributed by atoms with Crippen molar-refractivity contribution in [3.8, 4) is 6.07 Å². The lowest BCUT2D eigenvalue weighted by Crippen LogP contribution is -2.18. The maximum atomic E-state index is 13.0. The molecular weight excluding hydrogens is 322 g/mol. The van der Waals surface area contributed by atoms with Crippen LogP contribution < -0.4 is 0 Å². The van der Waals surface area contributed by atoms with Gasteiger partial charge >= 0.3 is 0 Å². The molecule has 1 saturated carbocycles. The van der Waals surface area contributed by atoms with E-state index in [4.69, 9.17) is 0 Å². The van der Waals surface area contributed by atoms with Crippen LogP contribution >= 0.6 is 0 Å². The minimum absolute atomic E-state index is 0.195. The third kappa shape index (κ3) is 2.43. The minimum atomic E-state index is -3.70. The zero-order valence-corrected chi connectivity index (χ0v) is 14.4. The molecular formula is C19H19NO3S. The summed E-state index contributed by atoms with van der Waals surface area (Å²) >= 11 is 0. The van der Waals surface area contributed by atoms with Gasteiger partial charge in [-0.3, -0.25) is 0 Å². The number of nitrogens with zero attached hydrogens (tertiary/aromatic N) is 1. The van der Waals surface area contributed by atoms with Crippen LogP contribution in [0.3, 0.4) is 0 Å². The van der Waals surface area contributed by atoms with Crippen LogP contribution in [0.1, 0.15) is 22.6 Å². The Bertz CT molecular complexity index is 895. The van der Waals surface area contributed by atoms with E-state index in [2.05, 4.69) is 6.07 Å². The Balaban J connectivity index is 2.06. The molecule has 3 atom stereocenters. The molecule has 1 N–H and O–H groups in total. The first-order valence-corrected chi connectivity index (χ1v) is 9.30. The molecule has 5 heteroatoms. The summed E-state index contributed by atoms with van der Waals surface area (Å²) in [6.07, 6.45) is 0. The number of benzene rings is 2. The van der Waals surface area contributed by atoms with Crippen molar-refractivity contribution < 1.29 is 13.5 Å². The summed E-state index contributed by atoms with van der Waals surface area (Å²) < 4.78 is 26.1. The monoisotopic (exact) mass is 341 g/mol. The van der Waals surface area contributed by atoms with Crippen LogP contribution in [0.4, 0.5) is 0 Å². The first-order chi connectivity index (χ1) is 11.4. The van der Waals surface area contributed by atoms with Gasteiger partial charge in [-0.25, -0.2) is 8.42 Å². The quantitative estimate of drug-likeness (QED) is 0.927. The van der Waals surface area contributed by atoms with Crippen LogP contribution in [-0.4, -0.2) is 25.4 Å². The maximum Gasteiger partial charge on any atom is 0.183 e. The van der Waals surface area contributed by atoms with E-state index in [-0.39, 0.29) is 4.90 Å². The van der Waals surface area contributed by atoms with Crippen LogP contribution in [0.5, 0.6) is 0 Å². The Morgan fingerprint density at radius 1 is 1.04 bits per heavy atom. The molecule has 1 fully saturated rings. The first kappa shape index (κ1) is 16.7. The van der Waals surface area contributed by atoms with E-state index in [0.717, 1.165) is 16.7 Å². The lowest BCUT2D eigenvalue weighted by molar-refractivity contribution is 0.242. The van der Waals surface area contributed by atoms with Gasteiger partial charge < -0.3 is 5.11 Å². The number of sulfone groups is 1. The van der Waals surface area contributed by atoms with Gasteiger partial charge in [0.05, 0.1) is 22.8 Å². The zero-order chi connectivity index (χ0) is 17.5. The van der Waals surface area contributed by atoms with E-state index >= 15 is 0 Å². The van der Waals surface area contributed by atoms with Gasteiger partial charge in [0.25, 0.3) is 0 Å². The second kappa shape index (κ2) is 5.73. The molecule has 0 amide bonds. The van der Waals surface area contributed by atoms with Crippen molar-refractivity contribution >= 4 is 9.84 Å². The molecule has 1 aliphatic rings. The largest absolute Gasteiger partial charge is 0.395 e. The van der Waals surface area contributed by atoms with Crippen LogP contribution in [-0.2, 0) is 9.84 Å². The Morgan fingerprint density at radius 2 is 1.54 bits per heavy atom. The fourth-order valence-corrected chi connectivity index (χ4v) is 5.65. The normalized spacial score (nSPS) is 25.9. The summed E-state index contributed by atoms with van der Waals surface area (Å²) in [6, 6.07) is 16.1. The van der Waals surface area contributed by atoms with Crippen molar-refractivity contribution in [1.29, 1.82) is 5.26 Å². The molecule has 124 valence electrons. The molecule has 3 rings (SSSR count). The number of aliphatic hydroxyl groups excluding tert-OH is 1. The Morgan fingerprint density at radius 3 is 2.00 bits per heavy atom. The predicted octanol–water partition coefficient (Wildman–Crippen LogP) is 2.75. The second-order valence-electron chi connectivity index (χ2n) is 6.48. The maximum absolute atomic E-state index is 13.0. The fraction of sp³-hybridized carbons (Fsp3) is 0.316. The average molecular weight is 341 g/mol. The predicted molar refractivity (Wildman–Crippen MR) is 91.2 cm³/mol. The molecule has 0 bridgehead atoms. The molecule has 0 spiro atoms. The molecule has 0 saturated heterocycles. The minimum Gasteiger partial charge on any atom is -0.395 e. The van der Waals surface area contributed by atoms with Gasteiger partial charge in [0.15, 0.2) is 9.84 Å². The van der Waals surface area contributed by atoms with Gasteiger partial charge in [0.2, 0.25) is 0 Å². The molecule has 24 heavy (non-hydrogen) atoms. The molecule has 0 aliphatic heterocycles. The first-order valence-electron chi connectivity index (χ1n) is 7.76. The van der Waals surface area contributed by atoms with E-state index in [1.54, 1.807) is 24.3 Å². The van der Waals surface area contributed by atoms with Crippen molar-refractivity contribution in [3.05, 3.63) is 65.2 Å². The van der Waals surface area contributed by atoms with E-state index in [1.807, 2.05) is 38.1 Å². The number of nitriles is 1. The molecule has 0 radical (unpaired) electrons. The van der Waals surface area contributed by atoms with Crippen molar-refractivity contribution in [2.75, 3.05) is 6.61 Å². The summed E-state index contributed by atoms with van der Waals surface area (Å²) in [4.78, 5) is 0.195. The highest BCUT2D eigenvalue weighted by molar-refractivity contribution is 7.92. The number of rotatable bonds is 4. The Hall–Kier alpha value is -2.16. The van der Waals surface area contributed by atoms with E-state index in [0.29, 0.717) is 0 Å². The molecule has 2 aromatic carbocycles. The highest BCUT2D eigenvalue weighted by Gasteiger charge is 2.72. The third-order valence-corrected chi connectivity index (χ3v) is 7.14. The Labute approximate surface area is 142 Å². The van der Waals surface area contributed by atoms with Gasteiger partial charge in [-0.05, 0) is 31.5 Å². The molecule has 2 aromatic rings. The second-order valence-corrected chi connectivity index (χ2v) is 8.55. The number of aliphatic hydroxyl groups is 1. The van der Waals surface area contributed by atoms with Gasteiger partial charge in [-0.15, -0.1) is 0 Å². The fourth-order valence-electron chi connectivity index (χ4n) is 3.34. The van der Waals surface area contributed by atoms with Crippen LogP contribution in [0.2, 0.25) is 0 Å². The summed E-state index contributed by atoms with van der Waals surface area (Å²) in [5, 5.41) is 18.4. The van der Waals surface area contributed by atoms with Gasteiger partial charge in [-0.1, -0.05) is 47.5 Å². The van der Waals surface area contributed by atoms with Crippen molar-refractivity contribution in [1.82, 2.24) is 0 Å². The number of aryl methyl sites for hydroxylation is 2. The topological polar surface area (TPSA) is 78.2 Å². The molecule has 4 nitrogen and oxygen atoms in total. The number of hydrogen-bond acceptors (Lipinski definition) is 4. The van der Waals surface area contributed by atoms with Gasteiger partial charge in [0.1, 0.15) is 5.41 Å². The zero-order valence-electron chi connectivity index (χ0n) is 13.6. The van der Waals surface area contributed by atoms with Crippen LogP contribution in [0.15, 0.2) is 53.4 Å². The summed E-state index contributed by atoms with van der Waals surface area (Å²) in [5.41, 5.74) is 1.52. The standard InChI is InChI=1S/C19H19NO3S/c1-13-3-7-15(8-4-13)17-18(19(17,11-20)12-21)24(22,23)16-9-5-14(2)6-10-16/h3-10,17-18,21H,12H2,1-2H3/t17-,18+,19-/m0/s1. The smallest absolute Gasteiger partial charge is 0.183 e. The van der Waals surface area contributed by atoms with Crippen molar-refractivity contribution in [2.24, 2.45) is 5.41 Å². The van der Waals surface area contributed by atoms with Gasteiger partial charge in [-0.2, -0.15) is 5.26 Å². The number of hydrogen-bond donors (Lipinski definition) is 1. The molecule has 0 aromatic heterocycles. The van der Waals surface area contributed by atoms with E-state index in [1.165, 1.54) is 0 Å². The SMILES string of the molecule is Cc1ccc([C@H]2[C@@H](S(=O)(=O)c3ccc(C)cc3)[C@@]2(C#N)CO)cc1. The lowest BCUT2D eigenvalue weighted by Gasteiger charge is -2.06. The van der Waals surface area contributed by atoms with E-state index in [9.17, 15) is 18.8 Å². The average Bonchev–Trinajstić information content (AvgIpc) is 3.26. The summed E-state index contributed by atoms with van der Waals surface area (Å²) in [6.45, 7) is 3.36. The Kier molecular flexibility index (Phi) is 3.98. The highest BCUT2D eigenvalue weighted by Crippen LogP contribution is 2.63. The van der Waals surface area contributed by atoms with E-state index < -0.39 is 33.0 Å². The van der Waals surface area contributed by atoms with Crippen LogP contribution in [0.25, 0.3) is 0 Å². The summed E-state index contributed by atoms with van der Waals surface area (Å²) in [7, 11) is -3.70. The summed E-state index contributed by atoms with van der Waals surface area (Å²) in [5.74, 6) is -0.514.